The van der Waals surface area contributed by atoms with Crippen LogP contribution in [0.5, 0.6) is 11.5 Å². The Kier molecular flexibility index (Phi) is 10.4. The summed E-state index contributed by atoms with van der Waals surface area (Å²) in [5.74, 6) is 1.20. The molecule has 0 aliphatic heterocycles. The largest absolute Gasteiger partial charge is 0.543 e. The number of H-pyrrole nitrogens is 1. The van der Waals surface area contributed by atoms with Gasteiger partial charge < -0.3 is 29.3 Å². The fraction of sp³-hybridized carbons (Fsp3) is 0.593. The monoisotopic (exact) mass is 504 g/mol. The van der Waals surface area contributed by atoms with Crippen molar-refractivity contribution in [3.05, 3.63) is 36.0 Å². The molecule has 0 aliphatic rings. The van der Waals surface area contributed by atoms with Crippen LogP contribution in [0.25, 0.3) is 11.3 Å². The number of amides is 1. The SMILES string of the molecule is COC[C@H](C)Oc1cc(O[Si](C(C)C)(C(C)C)C(C)C)cc(-c2ccc(C(=O)N[C@H](C)CO)[nH]2)c1. The van der Waals surface area contributed by atoms with Crippen LogP contribution in [0.1, 0.15) is 65.9 Å². The summed E-state index contributed by atoms with van der Waals surface area (Å²) in [6.07, 6.45) is -0.129. The molecule has 0 bridgehead atoms. The van der Waals surface area contributed by atoms with Crippen molar-refractivity contribution in [2.24, 2.45) is 0 Å². The third-order valence-electron chi connectivity index (χ3n) is 6.51. The maximum Gasteiger partial charge on any atom is 0.267 e. The van der Waals surface area contributed by atoms with Crippen molar-refractivity contribution < 1.29 is 23.8 Å². The van der Waals surface area contributed by atoms with Crippen LogP contribution in [0.4, 0.5) is 0 Å². The molecule has 8 heteroatoms. The Morgan fingerprint density at radius 3 is 2.11 bits per heavy atom. The highest BCUT2D eigenvalue weighted by Gasteiger charge is 2.47. The van der Waals surface area contributed by atoms with Gasteiger partial charge in [0.1, 0.15) is 23.3 Å². The Balaban J connectivity index is 2.51. The van der Waals surface area contributed by atoms with E-state index in [4.69, 9.17) is 13.9 Å². The van der Waals surface area contributed by atoms with Gasteiger partial charge in [-0.25, -0.2) is 0 Å². The summed E-state index contributed by atoms with van der Waals surface area (Å²) >= 11 is 0. The molecule has 2 rings (SSSR count). The molecule has 1 aromatic heterocycles. The van der Waals surface area contributed by atoms with Gasteiger partial charge in [0, 0.05) is 30.5 Å². The van der Waals surface area contributed by atoms with Crippen molar-refractivity contribution in [1.29, 1.82) is 0 Å². The molecule has 0 fully saturated rings. The van der Waals surface area contributed by atoms with Crippen LogP contribution in [0.3, 0.4) is 0 Å². The van der Waals surface area contributed by atoms with Crippen LogP contribution in [-0.2, 0) is 4.74 Å². The standard InChI is InChI=1S/C27H44N2O5Si/c1-17(2)35(18(3)4,19(5)6)34-24-13-22(12-23(14-24)33-21(8)16-32-9)25-10-11-26(29-25)27(31)28-20(7)15-30/h10-14,17-21,29-30H,15-16H2,1-9H3,(H,28,31)/t20-,21+/m1/s1. The van der Waals surface area contributed by atoms with Crippen LogP contribution >= 0.6 is 0 Å². The number of carbonyl (C=O) groups excluding carboxylic acids is 1. The number of hydrogen-bond donors (Lipinski definition) is 3. The van der Waals surface area contributed by atoms with Gasteiger partial charge in [0.15, 0.2) is 0 Å². The Morgan fingerprint density at radius 2 is 1.57 bits per heavy atom. The van der Waals surface area contributed by atoms with E-state index in [0.717, 1.165) is 17.0 Å². The van der Waals surface area contributed by atoms with E-state index >= 15 is 0 Å². The minimum absolute atomic E-state index is 0.119. The average molecular weight is 505 g/mol. The number of benzene rings is 1. The maximum atomic E-state index is 12.5. The summed E-state index contributed by atoms with van der Waals surface area (Å²) in [5, 5.41) is 12.0. The van der Waals surface area contributed by atoms with Gasteiger partial charge in [-0.2, -0.15) is 0 Å². The quantitative estimate of drug-likeness (QED) is 0.302. The summed E-state index contributed by atoms with van der Waals surface area (Å²) in [6.45, 7) is 17.6. The van der Waals surface area contributed by atoms with Gasteiger partial charge in [-0.15, -0.1) is 0 Å². The highest BCUT2D eigenvalue weighted by Crippen LogP contribution is 2.44. The number of rotatable bonds is 13. The number of hydrogen-bond acceptors (Lipinski definition) is 5. The number of carbonyl (C=O) groups is 1. The predicted molar refractivity (Wildman–Crippen MR) is 144 cm³/mol. The third kappa shape index (κ3) is 7.12. The second kappa shape index (κ2) is 12.6. The van der Waals surface area contributed by atoms with Gasteiger partial charge >= 0.3 is 0 Å². The topological polar surface area (TPSA) is 92.8 Å². The molecule has 0 unspecified atom stereocenters. The van der Waals surface area contributed by atoms with Crippen molar-refractivity contribution in [2.45, 2.75) is 84.2 Å². The molecule has 196 valence electrons. The van der Waals surface area contributed by atoms with Gasteiger partial charge in [-0.3, -0.25) is 4.79 Å². The second-order valence-electron chi connectivity index (χ2n) is 10.3. The minimum atomic E-state index is -2.18. The van der Waals surface area contributed by atoms with Crippen molar-refractivity contribution in [1.82, 2.24) is 10.3 Å². The van der Waals surface area contributed by atoms with E-state index in [9.17, 15) is 9.90 Å². The Labute approximate surface area is 211 Å². The van der Waals surface area contributed by atoms with Crippen LogP contribution in [0, 0.1) is 0 Å². The van der Waals surface area contributed by atoms with Gasteiger partial charge in [0.2, 0.25) is 0 Å². The first-order valence-corrected chi connectivity index (χ1v) is 14.7. The molecule has 1 amide bonds. The van der Waals surface area contributed by atoms with E-state index in [2.05, 4.69) is 51.8 Å². The average Bonchev–Trinajstić information content (AvgIpc) is 3.27. The number of aromatic amines is 1. The van der Waals surface area contributed by atoms with Gasteiger partial charge in [0.05, 0.1) is 13.2 Å². The molecule has 1 aromatic carbocycles. The molecule has 0 saturated carbocycles. The molecular formula is C27H44N2O5Si. The van der Waals surface area contributed by atoms with Crippen molar-refractivity contribution in [2.75, 3.05) is 20.3 Å². The number of aliphatic hydroxyl groups is 1. The minimum Gasteiger partial charge on any atom is -0.543 e. The van der Waals surface area contributed by atoms with Gasteiger partial charge in [-0.1, -0.05) is 41.5 Å². The zero-order chi connectivity index (χ0) is 26.3. The Morgan fingerprint density at radius 1 is 0.971 bits per heavy atom. The lowest BCUT2D eigenvalue weighted by Crippen LogP contribution is -2.50. The number of ether oxygens (including phenoxy) is 2. The molecular weight excluding hydrogens is 460 g/mol. The highest BCUT2D eigenvalue weighted by atomic mass is 28.4. The smallest absolute Gasteiger partial charge is 0.267 e. The predicted octanol–water partition coefficient (Wildman–Crippen LogP) is 5.76. The van der Waals surface area contributed by atoms with E-state index in [0.29, 0.717) is 34.7 Å². The molecule has 0 aliphatic carbocycles. The Hall–Kier alpha value is -2.29. The summed E-state index contributed by atoms with van der Waals surface area (Å²) in [6, 6.07) is 9.22. The fourth-order valence-corrected chi connectivity index (χ4v) is 10.2. The van der Waals surface area contributed by atoms with Gasteiger partial charge in [0.25, 0.3) is 14.2 Å². The van der Waals surface area contributed by atoms with Gasteiger partial charge in [-0.05, 0) is 54.7 Å². The zero-order valence-electron chi connectivity index (χ0n) is 22.8. The maximum absolute atomic E-state index is 12.5. The summed E-state index contributed by atoms with van der Waals surface area (Å²) in [4.78, 5) is 15.7. The lowest BCUT2D eigenvalue weighted by molar-refractivity contribution is 0.0917. The first kappa shape index (κ1) is 28.9. The second-order valence-corrected chi connectivity index (χ2v) is 15.7. The molecule has 35 heavy (non-hydrogen) atoms. The van der Waals surface area contributed by atoms with E-state index in [1.165, 1.54) is 0 Å². The number of nitrogens with one attached hydrogen (secondary N) is 2. The first-order valence-electron chi connectivity index (χ1n) is 12.5. The van der Waals surface area contributed by atoms with Crippen LogP contribution in [-0.4, -0.2) is 56.8 Å². The molecule has 1 heterocycles. The summed E-state index contributed by atoms with van der Waals surface area (Å²) < 4.78 is 18.4. The van der Waals surface area contributed by atoms with E-state index in [-0.39, 0.29) is 24.7 Å². The third-order valence-corrected chi connectivity index (χ3v) is 12.5. The molecule has 2 aromatic rings. The lowest BCUT2D eigenvalue weighted by Gasteiger charge is -2.42. The molecule has 0 spiro atoms. The normalized spacial score (nSPS) is 13.9. The molecule has 7 nitrogen and oxygen atoms in total. The first-order chi connectivity index (χ1) is 16.4. The fourth-order valence-electron chi connectivity index (χ4n) is 4.96. The zero-order valence-corrected chi connectivity index (χ0v) is 23.8. The van der Waals surface area contributed by atoms with Crippen molar-refractivity contribution in [3.63, 3.8) is 0 Å². The molecule has 0 radical (unpaired) electrons. The van der Waals surface area contributed by atoms with Crippen molar-refractivity contribution >= 4 is 14.2 Å². The molecule has 3 N–H and O–H groups in total. The summed E-state index contributed by atoms with van der Waals surface area (Å²) in [5.41, 5.74) is 3.37. The molecule has 0 saturated heterocycles. The van der Waals surface area contributed by atoms with E-state index < -0.39 is 8.32 Å². The van der Waals surface area contributed by atoms with Crippen LogP contribution < -0.4 is 14.5 Å². The van der Waals surface area contributed by atoms with E-state index in [1.54, 1.807) is 20.1 Å². The number of aliphatic hydroxyl groups excluding tert-OH is 1. The Bertz CT molecular complexity index is 935. The van der Waals surface area contributed by atoms with Crippen molar-refractivity contribution in [3.8, 4) is 22.8 Å². The highest BCUT2D eigenvalue weighted by molar-refractivity contribution is 6.78. The molecule has 2 atom stereocenters. The van der Waals surface area contributed by atoms with Crippen LogP contribution in [0.15, 0.2) is 30.3 Å². The summed E-state index contributed by atoms with van der Waals surface area (Å²) in [7, 11) is -0.529. The number of aromatic nitrogens is 1. The number of methoxy groups -OCH3 is 1. The lowest BCUT2D eigenvalue weighted by atomic mass is 10.1. The van der Waals surface area contributed by atoms with Crippen LogP contribution in [0.2, 0.25) is 16.6 Å². The van der Waals surface area contributed by atoms with E-state index in [1.807, 2.05) is 31.2 Å².